The van der Waals surface area contributed by atoms with Crippen molar-refractivity contribution < 1.29 is 8.78 Å². The quantitative estimate of drug-likeness (QED) is 0.648. The molecule has 0 saturated carbocycles. The molecule has 0 spiro atoms. The molecule has 0 N–H and O–H groups in total. The normalized spacial score (nSPS) is 26.8. The molecule has 1 aliphatic heterocycles. The summed E-state index contributed by atoms with van der Waals surface area (Å²) in [6, 6.07) is 0.402. The Balaban J connectivity index is 2.49. The first-order chi connectivity index (χ1) is 6.11. The Morgan fingerprint density at radius 2 is 1.92 bits per heavy atom. The summed E-state index contributed by atoms with van der Waals surface area (Å²) >= 11 is 0. The van der Waals surface area contributed by atoms with Crippen LogP contribution in [0.25, 0.3) is 0 Å². The lowest BCUT2D eigenvalue weighted by atomic mass is 10.0. The van der Waals surface area contributed by atoms with Gasteiger partial charge < -0.3 is 4.90 Å². The number of rotatable bonds is 2. The largest absolute Gasteiger partial charge is 0.300 e. The first-order valence-corrected chi connectivity index (χ1v) is 5.13. The van der Waals surface area contributed by atoms with Crippen molar-refractivity contribution in [1.82, 2.24) is 4.90 Å². The third-order valence-corrected chi connectivity index (χ3v) is 2.83. The molecule has 3 heteroatoms. The van der Waals surface area contributed by atoms with Gasteiger partial charge >= 0.3 is 0 Å². The van der Waals surface area contributed by atoms with Gasteiger partial charge in [0.1, 0.15) is 0 Å². The van der Waals surface area contributed by atoms with E-state index in [0.717, 1.165) is 19.4 Å². The van der Waals surface area contributed by atoms with Crippen LogP contribution in [0, 0.1) is 5.92 Å². The third-order valence-electron chi connectivity index (χ3n) is 2.83. The monoisotopic (exact) mass is 191 g/mol. The van der Waals surface area contributed by atoms with Gasteiger partial charge in [-0.1, -0.05) is 6.42 Å². The van der Waals surface area contributed by atoms with E-state index in [1.54, 1.807) is 0 Å². The predicted molar refractivity (Wildman–Crippen MR) is 50.1 cm³/mol. The summed E-state index contributed by atoms with van der Waals surface area (Å²) in [5.74, 6) is -0.398. The highest BCUT2D eigenvalue weighted by molar-refractivity contribution is 4.74. The smallest absolute Gasteiger partial charge is 0.242 e. The highest BCUT2D eigenvalue weighted by Gasteiger charge is 2.26. The molecule has 0 aliphatic carbocycles. The SMILES string of the molecule is CC(C)N1CCCC[C@@H](C(F)F)C1. The van der Waals surface area contributed by atoms with Gasteiger partial charge in [0.15, 0.2) is 0 Å². The van der Waals surface area contributed by atoms with Crippen molar-refractivity contribution in [2.24, 2.45) is 5.92 Å². The van der Waals surface area contributed by atoms with E-state index in [2.05, 4.69) is 18.7 Å². The van der Waals surface area contributed by atoms with Crippen LogP contribution in [0.3, 0.4) is 0 Å². The molecule has 1 saturated heterocycles. The van der Waals surface area contributed by atoms with Gasteiger partial charge in [0.25, 0.3) is 0 Å². The van der Waals surface area contributed by atoms with Crippen molar-refractivity contribution in [2.75, 3.05) is 13.1 Å². The first-order valence-electron chi connectivity index (χ1n) is 5.13. The van der Waals surface area contributed by atoms with E-state index < -0.39 is 12.3 Å². The molecular weight excluding hydrogens is 172 g/mol. The molecule has 13 heavy (non-hydrogen) atoms. The van der Waals surface area contributed by atoms with Crippen LogP contribution in [0.5, 0.6) is 0 Å². The van der Waals surface area contributed by atoms with Gasteiger partial charge in [-0.2, -0.15) is 0 Å². The number of likely N-dealkylation sites (tertiary alicyclic amines) is 1. The zero-order valence-corrected chi connectivity index (χ0v) is 8.47. The van der Waals surface area contributed by atoms with Crippen LogP contribution in [0.15, 0.2) is 0 Å². The molecule has 1 aliphatic rings. The van der Waals surface area contributed by atoms with Crippen LogP contribution in [-0.4, -0.2) is 30.5 Å². The van der Waals surface area contributed by atoms with Crippen molar-refractivity contribution in [3.05, 3.63) is 0 Å². The maximum Gasteiger partial charge on any atom is 0.242 e. The first kappa shape index (κ1) is 10.9. The zero-order chi connectivity index (χ0) is 9.84. The average Bonchev–Trinajstić information content (AvgIpc) is 2.28. The van der Waals surface area contributed by atoms with E-state index in [4.69, 9.17) is 0 Å². The molecule has 0 aromatic rings. The van der Waals surface area contributed by atoms with Gasteiger partial charge in [-0.3, -0.25) is 0 Å². The van der Waals surface area contributed by atoms with Crippen molar-refractivity contribution >= 4 is 0 Å². The van der Waals surface area contributed by atoms with Crippen molar-refractivity contribution in [1.29, 1.82) is 0 Å². The molecule has 1 atom stereocenters. The van der Waals surface area contributed by atoms with Crippen LogP contribution >= 0.6 is 0 Å². The van der Waals surface area contributed by atoms with Gasteiger partial charge in [-0.15, -0.1) is 0 Å². The zero-order valence-electron chi connectivity index (χ0n) is 8.47. The maximum absolute atomic E-state index is 12.5. The maximum atomic E-state index is 12.5. The standard InChI is InChI=1S/C10H19F2N/c1-8(2)13-6-4-3-5-9(7-13)10(11)12/h8-10H,3-7H2,1-2H3/t9-/m1/s1. The molecule has 1 rings (SSSR count). The number of hydrogen-bond acceptors (Lipinski definition) is 1. The fourth-order valence-corrected chi connectivity index (χ4v) is 1.88. The fraction of sp³-hybridized carbons (Fsp3) is 1.00. The molecule has 0 aromatic carbocycles. The van der Waals surface area contributed by atoms with E-state index in [1.807, 2.05) is 0 Å². The Bertz CT molecular complexity index is 132. The van der Waals surface area contributed by atoms with Gasteiger partial charge in [-0.05, 0) is 33.2 Å². The average molecular weight is 191 g/mol. The highest BCUT2D eigenvalue weighted by atomic mass is 19.3. The van der Waals surface area contributed by atoms with Crippen LogP contribution in [0.4, 0.5) is 8.78 Å². The number of nitrogens with zero attached hydrogens (tertiary/aromatic N) is 1. The summed E-state index contributed by atoms with van der Waals surface area (Å²) in [5, 5.41) is 0. The summed E-state index contributed by atoms with van der Waals surface area (Å²) in [6.07, 6.45) is 0.583. The minimum atomic E-state index is -2.14. The molecule has 0 amide bonds. The molecule has 1 heterocycles. The van der Waals surface area contributed by atoms with Crippen molar-refractivity contribution in [3.8, 4) is 0 Å². The molecular formula is C10H19F2N. The van der Waals surface area contributed by atoms with E-state index in [1.165, 1.54) is 0 Å². The summed E-state index contributed by atoms with van der Waals surface area (Å²) in [4.78, 5) is 2.17. The fourth-order valence-electron chi connectivity index (χ4n) is 1.88. The van der Waals surface area contributed by atoms with Gasteiger partial charge in [0.2, 0.25) is 6.43 Å². The van der Waals surface area contributed by atoms with E-state index in [-0.39, 0.29) is 0 Å². The Morgan fingerprint density at radius 1 is 1.23 bits per heavy atom. The summed E-state index contributed by atoms with van der Waals surface area (Å²) in [5.41, 5.74) is 0. The summed E-state index contributed by atoms with van der Waals surface area (Å²) in [6.45, 7) is 5.72. The second kappa shape index (κ2) is 4.89. The van der Waals surface area contributed by atoms with Crippen LogP contribution in [-0.2, 0) is 0 Å². The Morgan fingerprint density at radius 3 is 2.46 bits per heavy atom. The number of alkyl halides is 2. The Labute approximate surface area is 79.1 Å². The minimum absolute atomic E-state index is 0.398. The molecule has 1 nitrogen and oxygen atoms in total. The summed E-state index contributed by atoms with van der Waals surface area (Å²) in [7, 11) is 0. The Kier molecular flexibility index (Phi) is 4.10. The predicted octanol–water partition coefficient (Wildman–Crippen LogP) is 2.76. The number of hydrogen-bond donors (Lipinski definition) is 0. The highest BCUT2D eigenvalue weighted by Crippen LogP contribution is 2.23. The second-order valence-corrected chi connectivity index (χ2v) is 4.18. The molecule has 0 radical (unpaired) electrons. The van der Waals surface area contributed by atoms with E-state index in [0.29, 0.717) is 19.0 Å². The molecule has 0 unspecified atom stereocenters. The van der Waals surface area contributed by atoms with Crippen molar-refractivity contribution in [3.63, 3.8) is 0 Å². The second-order valence-electron chi connectivity index (χ2n) is 4.18. The molecule has 0 bridgehead atoms. The van der Waals surface area contributed by atoms with Crippen molar-refractivity contribution in [2.45, 2.75) is 45.6 Å². The lowest BCUT2D eigenvalue weighted by Crippen LogP contribution is -2.36. The molecule has 0 aromatic heterocycles. The minimum Gasteiger partial charge on any atom is -0.300 e. The van der Waals surface area contributed by atoms with Crippen LogP contribution < -0.4 is 0 Å². The third kappa shape index (κ3) is 3.22. The lowest BCUT2D eigenvalue weighted by Gasteiger charge is -2.27. The topological polar surface area (TPSA) is 3.24 Å². The van der Waals surface area contributed by atoms with Crippen LogP contribution in [0.1, 0.15) is 33.1 Å². The number of halogens is 2. The van der Waals surface area contributed by atoms with Gasteiger partial charge in [-0.25, -0.2) is 8.78 Å². The molecule has 78 valence electrons. The van der Waals surface area contributed by atoms with Crippen LogP contribution in [0.2, 0.25) is 0 Å². The molecule has 1 fully saturated rings. The van der Waals surface area contributed by atoms with Gasteiger partial charge in [0.05, 0.1) is 0 Å². The Hall–Kier alpha value is -0.180. The van der Waals surface area contributed by atoms with Gasteiger partial charge in [0, 0.05) is 18.5 Å². The lowest BCUT2D eigenvalue weighted by molar-refractivity contribution is 0.0497. The summed E-state index contributed by atoms with van der Waals surface area (Å²) < 4.78 is 25.0. The van der Waals surface area contributed by atoms with E-state index in [9.17, 15) is 8.78 Å². The van der Waals surface area contributed by atoms with E-state index >= 15 is 0 Å².